The van der Waals surface area contributed by atoms with Gasteiger partial charge in [-0.2, -0.15) is 0 Å². The Morgan fingerprint density at radius 2 is 2.64 bits per heavy atom. The van der Waals surface area contributed by atoms with Crippen molar-refractivity contribution < 1.29 is 4.79 Å². The third-order valence-electron chi connectivity index (χ3n) is 2.18. The number of nitrogens with one attached hydrogen (secondary N) is 1. The first-order valence-electron chi connectivity index (χ1n) is 4.47. The van der Waals surface area contributed by atoms with Crippen LogP contribution in [0, 0.1) is 0 Å². The molecule has 0 saturated carbocycles. The molecule has 74 valence electrons. The van der Waals surface area contributed by atoms with Crippen LogP contribution in [0.4, 0.5) is 0 Å². The van der Waals surface area contributed by atoms with Gasteiger partial charge in [-0.05, 0) is 6.42 Å². The average Bonchev–Trinajstić information content (AvgIpc) is 2.75. The standard InChI is InChI=1S/C9H11N3OS/c1-2-7(11-6-13)9-10-5-8-12(9)3-4-14-8/h3-7H,2H2,1H3,(H,11,13). The van der Waals surface area contributed by atoms with Gasteiger partial charge in [-0.1, -0.05) is 6.92 Å². The summed E-state index contributed by atoms with van der Waals surface area (Å²) in [6.07, 6.45) is 5.36. The summed E-state index contributed by atoms with van der Waals surface area (Å²) in [7, 11) is 0. The lowest BCUT2D eigenvalue weighted by molar-refractivity contribution is -0.110. The van der Waals surface area contributed by atoms with Gasteiger partial charge in [-0.15, -0.1) is 11.3 Å². The first kappa shape index (κ1) is 9.21. The lowest BCUT2D eigenvalue weighted by Crippen LogP contribution is -2.20. The number of imidazole rings is 1. The Labute approximate surface area is 85.6 Å². The van der Waals surface area contributed by atoms with Gasteiger partial charge in [0.2, 0.25) is 6.41 Å². The van der Waals surface area contributed by atoms with Gasteiger partial charge in [0.15, 0.2) is 0 Å². The molecule has 1 amide bonds. The van der Waals surface area contributed by atoms with Gasteiger partial charge >= 0.3 is 0 Å². The van der Waals surface area contributed by atoms with Crippen molar-refractivity contribution in [3.63, 3.8) is 0 Å². The summed E-state index contributed by atoms with van der Waals surface area (Å²) in [6, 6.07) is 0.00426. The third-order valence-corrected chi connectivity index (χ3v) is 2.98. The minimum absolute atomic E-state index is 0.00426. The van der Waals surface area contributed by atoms with Crippen LogP contribution >= 0.6 is 11.3 Å². The number of carbonyl (C=O) groups is 1. The van der Waals surface area contributed by atoms with E-state index < -0.39 is 0 Å². The monoisotopic (exact) mass is 209 g/mol. The summed E-state index contributed by atoms with van der Waals surface area (Å²) in [5, 5.41) is 4.77. The molecular formula is C9H11N3OS. The van der Waals surface area contributed by atoms with Gasteiger partial charge in [0, 0.05) is 11.6 Å². The molecule has 1 N–H and O–H groups in total. The molecule has 0 aliphatic carbocycles. The zero-order valence-corrected chi connectivity index (χ0v) is 8.62. The van der Waals surface area contributed by atoms with Gasteiger partial charge in [-0.3, -0.25) is 9.20 Å². The quantitative estimate of drug-likeness (QED) is 0.777. The van der Waals surface area contributed by atoms with Crippen LogP contribution in [0.25, 0.3) is 4.83 Å². The molecule has 1 atom stereocenters. The minimum atomic E-state index is 0.00426. The Bertz CT molecular complexity index is 434. The Morgan fingerprint density at radius 1 is 1.79 bits per heavy atom. The van der Waals surface area contributed by atoms with Crippen molar-refractivity contribution in [2.24, 2.45) is 0 Å². The van der Waals surface area contributed by atoms with E-state index in [1.807, 2.05) is 29.1 Å². The summed E-state index contributed by atoms with van der Waals surface area (Å²) in [5.41, 5.74) is 0. The highest BCUT2D eigenvalue weighted by Gasteiger charge is 2.14. The van der Waals surface area contributed by atoms with E-state index in [0.717, 1.165) is 23.5 Å². The van der Waals surface area contributed by atoms with E-state index in [1.54, 1.807) is 11.3 Å². The average molecular weight is 209 g/mol. The van der Waals surface area contributed by atoms with Gasteiger partial charge in [0.1, 0.15) is 10.7 Å². The molecule has 2 aromatic rings. The molecule has 2 rings (SSSR count). The van der Waals surface area contributed by atoms with Gasteiger partial charge in [-0.25, -0.2) is 4.98 Å². The molecule has 0 radical (unpaired) electrons. The molecule has 4 nitrogen and oxygen atoms in total. The molecule has 0 spiro atoms. The van der Waals surface area contributed by atoms with E-state index in [2.05, 4.69) is 10.3 Å². The number of hydrogen-bond acceptors (Lipinski definition) is 3. The van der Waals surface area contributed by atoms with Crippen LogP contribution in [0.1, 0.15) is 25.2 Å². The van der Waals surface area contributed by atoms with Gasteiger partial charge in [0.05, 0.1) is 12.2 Å². The summed E-state index contributed by atoms with van der Waals surface area (Å²) in [6.45, 7) is 2.02. The summed E-state index contributed by atoms with van der Waals surface area (Å²) in [5.74, 6) is 0.899. The molecule has 14 heavy (non-hydrogen) atoms. The van der Waals surface area contributed by atoms with Crippen molar-refractivity contribution in [2.45, 2.75) is 19.4 Å². The number of aromatic nitrogens is 2. The predicted molar refractivity (Wildman–Crippen MR) is 55.3 cm³/mol. The maximum Gasteiger partial charge on any atom is 0.207 e. The second kappa shape index (κ2) is 3.79. The van der Waals surface area contributed by atoms with Gasteiger partial charge < -0.3 is 5.32 Å². The molecule has 0 aliphatic rings. The van der Waals surface area contributed by atoms with Crippen molar-refractivity contribution >= 4 is 22.6 Å². The van der Waals surface area contributed by atoms with E-state index in [0.29, 0.717) is 0 Å². The number of hydrogen-bond donors (Lipinski definition) is 1. The van der Waals surface area contributed by atoms with Crippen molar-refractivity contribution in [2.75, 3.05) is 0 Å². The maximum atomic E-state index is 10.4. The lowest BCUT2D eigenvalue weighted by atomic mass is 10.2. The van der Waals surface area contributed by atoms with Crippen LogP contribution in [-0.2, 0) is 4.79 Å². The Morgan fingerprint density at radius 3 is 3.36 bits per heavy atom. The number of rotatable bonds is 4. The zero-order chi connectivity index (χ0) is 9.97. The highest BCUT2D eigenvalue weighted by atomic mass is 32.1. The predicted octanol–water partition coefficient (Wildman–Crippen LogP) is 1.59. The molecule has 0 saturated heterocycles. The second-order valence-electron chi connectivity index (χ2n) is 2.97. The Balaban J connectivity index is 2.40. The number of amides is 1. The normalized spacial score (nSPS) is 12.9. The Hall–Kier alpha value is -1.36. The van der Waals surface area contributed by atoms with E-state index in [-0.39, 0.29) is 6.04 Å². The Kier molecular flexibility index (Phi) is 2.49. The first-order chi connectivity index (χ1) is 6.86. The molecule has 5 heteroatoms. The number of carbonyl (C=O) groups excluding carboxylic acids is 1. The molecule has 2 heterocycles. The highest BCUT2D eigenvalue weighted by molar-refractivity contribution is 7.15. The van der Waals surface area contributed by atoms with E-state index in [1.165, 1.54) is 0 Å². The van der Waals surface area contributed by atoms with Crippen molar-refractivity contribution in [1.29, 1.82) is 0 Å². The summed E-state index contributed by atoms with van der Waals surface area (Å²) >= 11 is 1.64. The highest BCUT2D eigenvalue weighted by Crippen LogP contribution is 2.19. The van der Waals surface area contributed by atoms with E-state index in [4.69, 9.17) is 0 Å². The molecule has 2 aromatic heterocycles. The van der Waals surface area contributed by atoms with E-state index >= 15 is 0 Å². The van der Waals surface area contributed by atoms with Crippen molar-refractivity contribution in [3.8, 4) is 0 Å². The van der Waals surface area contributed by atoms with Crippen LogP contribution in [-0.4, -0.2) is 15.8 Å². The number of thiazole rings is 1. The smallest absolute Gasteiger partial charge is 0.207 e. The molecule has 1 unspecified atom stereocenters. The van der Waals surface area contributed by atoms with Crippen LogP contribution in [0.2, 0.25) is 0 Å². The van der Waals surface area contributed by atoms with Crippen molar-refractivity contribution in [3.05, 3.63) is 23.6 Å². The third kappa shape index (κ3) is 1.39. The number of fused-ring (bicyclic) bond motifs is 1. The maximum absolute atomic E-state index is 10.4. The lowest BCUT2D eigenvalue weighted by Gasteiger charge is -2.11. The SMILES string of the molecule is CCC(NC=O)c1ncc2sccn12. The summed E-state index contributed by atoms with van der Waals surface area (Å²) in [4.78, 5) is 15.8. The van der Waals surface area contributed by atoms with E-state index in [9.17, 15) is 4.79 Å². The first-order valence-corrected chi connectivity index (χ1v) is 5.35. The number of nitrogens with zero attached hydrogens (tertiary/aromatic N) is 2. The van der Waals surface area contributed by atoms with Crippen LogP contribution in [0.3, 0.4) is 0 Å². The van der Waals surface area contributed by atoms with Crippen LogP contribution < -0.4 is 5.32 Å². The van der Waals surface area contributed by atoms with Crippen molar-refractivity contribution in [1.82, 2.24) is 14.7 Å². The fourth-order valence-electron chi connectivity index (χ4n) is 1.47. The fourth-order valence-corrected chi connectivity index (χ4v) is 2.18. The summed E-state index contributed by atoms with van der Waals surface area (Å²) < 4.78 is 2.01. The van der Waals surface area contributed by atoms with Crippen LogP contribution in [0.5, 0.6) is 0 Å². The molecule has 0 bridgehead atoms. The fraction of sp³-hybridized carbons (Fsp3) is 0.333. The second-order valence-corrected chi connectivity index (χ2v) is 3.90. The van der Waals surface area contributed by atoms with Crippen LogP contribution in [0.15, 0.2) is 17.8 Å². The zero-order valence-electron chi connectivity index (χ0n) is 7.80. The topological polar surface area (TPSA) is 46.4 Å². The largest absolute Gasteiger partial charge is 0.349 e. The molecule has 0 aliphatic heterocycles. The molecule has 0 fully saturated rings. The molecule has 0 aromatic carbocycles. The minimum Gasteiger partial charge on any atom is -0.349 e. The molecular weight excluding hydrogens is 198 g/mol. The van der Waals surface area contributed by atoms with Gasteiger partial charge in [0.25, 0.3) is 0 Å².